The van der Waals surface area contributed by atoms with E-state index in [0.29, 0.717) is 18.0 Å². The Bertz CT molecular complexity index is 323. The first-order valence-electron chi connectivity index (χ1n) is 5.88. The second-order valence-electron chi connectivity index (χ2n) is 4.44. The molecule has 2 N–H and O–H groups in total. The molecule has 0 saturated carbocycles. The van der Waals surface area contributed by atoms with Crippen LogP contribution in [0.4, 0.5) is 0 Å². The highest BCUT2D eigenvalue weighted by Gasteiger charge is 2.20. The fourth-order valence-corrected chi connectivity index (χ4v) is 2.03. The summed E-state index contributed by atoms with van der Waals surface area (Å²) in [5.41, 5.74) is 1.18. The van der Waals surface area contributed by atoms with Gasteiger partial charge in [0.1, 0.15) is 5.75 Å². The predicted molar refractivity (Wildman–Crippen MR) is 63.4 cm³/mol. The number of ether oxygens (including phenoxy) is 1. The van der Waals surface area contributed by atoms with Crippen molar-refractivity contribution in [2.75, 3.05) is 6.54 Å². The summed E-state index contributed by atoms with van der Waals surface area (Å²) in [5, 5.41) is 12.5. The van der Waals surface area contributed by atoms with Crippen molar-refractivity contribution in [2.45, 2.75) is 38.5 Å². The average molecular weight is 221 g/mol. The van der Waals surface area contributed by atoms with Crippen molar-refractivity contribution in [1.29, 1.82) is 0 Å². The predicted octanol–water partition coefficient (Wildman–Crippen LogP) is 2.05. The van der Waals surface area contributed by atoms with Gasteiger partial charge in [-0.25, -0.2) is 0 Å². The molecular formula is C13H19NO2. The summed E-state index contributed by atoms with van der Waals surface area (Å²) in [6.45, 7) is 3.86. The van der Waals surface area contributed by atoms with Crippen LogP contribution in [0.3, 0.4) is 0 Å². The third-order valence-electron chi connectivity index (χ3n) is 2.96. The molecule has 1 aliphatic heterocycles. The smallest absolute Gasteiger partial charge is 0.115 e. The lowest BCUT2D eigenvalue weighted by Gasteiger charge is -2.12. The maximum Gasteiger partial charge on any atom is 0.115 e. The maximum atomic E-state index is 9.14. The van der Waals surface area contributed by atoms with E-state index >= 15 is 0 Å². The van der Waals surface area contributed by atoms with E-state index in [1.807, 2.05) is 12.1 Å². The van der Waals surface area contributed by atoms with Crippen LogP contribution in [0.5, 0.6) is 5.75 Å². The van der Waals surface area contributed by atoms with Crippen molar-refractivity contribution in [3.05, 3.63) is 29.8 Å². The van der Waals surface area contributed by atoms with Gasteiger partial charge in [0, 0.05) is 13.1 Å². The first-order valence-corrected chi connectivity index (χ1v) is 5.88. The highest BCUT2D eigenvalue weighted by Crippen LogP contribution is 2.18. The van der Waals surface area contributed by atoms with Crippen molar-refractivity contribution in [1.82, 2.24) is 5.32 Å². The zero-order valence-corrected chi connectivity index (χ0v) is 9.65. The van der Waals surface area contributed by atoms with E-state index in [9.17, 15) is 0 Å². The molecule has 2 rings (SSSR count). The van der Waals surface area contributed by atoms with Crippen molar-refractivity contribution in [3.8, 4) is 5.75 Å². The molecule has 2 unspecified atom stereocenters. The minimum atomic E-state index is 0.316. The molecule has 1 fully saturated rings. The van der Waals surface area contributed by atoms with Crippen LogP contribution in [0, 0.1) is 0 Å². The van der Waals surface area contributed by atoms with Gasteiger partial charge in [-0.1, -0.05) is 12.1 Å². The molecule has 0 aliphatic carbocycles. The number of phenolic OH excluding ortho intramolecular Hbond substituents is 1. The summed E-state index contributed by atoms with van der Waals surface area (Å²) in [6.07, 6.45) is 3.11. The zero-order chi connectivity index (χ0) is 11.4. The van der Waals surface area contributed by atoms with Gasteiger partial charge in [0.25, 0.3) is 0 Å². The van der Waals surface area contributed by atoms with Crippen molar-refractivity contribution in [3.63, 3.8) is 0 Å². The van der Waals surface area contributed by atoms with Crippen LogP contribution in [-0.2, 0) is 11.3 Å². The van der Waals surface area contributed by atoms with E-state index in [2.05, 4.69) is 12.2 Å². The molecule has 0 aromatic heterocycles. The zero-order valence-electron chi connectivity index (χ0n) is 9.65. The Morgan fingerprint density at radius 1 is 1.31 bits per heavy atom. The quantitative estimate of drug-likeness (QED) is 0.817. The molecule has 1 aromatic rings. The number of nitrogens with one attached hydrogen (secondary N) is 1. The molecule has 16 heavy (non-hydrogen) atoms. The maximum absolute atomic E-state index is 9.14. The Labute approximate surface area is 96.4 Å². The normalized spacial score (nSPS) is 24.8. The molecule has 0 bridgehead atoms. The van der Waals surface area contributed by atoms with Crippen molar-refractivity contribution >= 4 is 0 Å². The van der Waals surface area contributed by atoms with Gasteiger partial charge < -0.3 is 15.2 Å². The Morgan fingerprint density at radius 2 is 2.06 bits per heavy atom. The largest absolute Gasteiger partial charge is 0.508 e. The average Bonchev–Trinajstić information content (AvgIpc) is 2.67. The van der Waals surface area contributed by atoms with E-state index in [0.717, 1.165) is 19.5 Å². The molecule has 3 nitrogen and oxygen atoms in total. The minimum absolute atomic E-state index is 0.316. The fraction of sp³-hybridized carbons (Fsp3) is 0.538. The number of rotatable bonds is 4. The van der Waals surface area contributed by atoms with Crippen LogP contribution >= 0.6 is 0 Å². The highest BCUT2D eigenvalue weighted by atomic mass is 16.5. The summed E-state index contributed by atoms with van der Waals surface area (Å²) >= 11 is 0. The fourth-order valence-electron chi connectivity index (χ4n) is 2.03. The lowest BCUT2D eigenvalue weighted by molar-refractivity contribution is 0.0559. The minimum Gasteiger partial charge on any atom is -0.508 e. The van der Waals surface area contributed by atoms with Crippen molar-refractivity contribution < 1.29 is 9.84 Å². The standard InChI is InChI=1S/C13H19NO2/c1-10-2-7-13(16-10)9-14-8-11-3-5-12(15)6-4-11/h3-6,10,13-15H,2,7-9H2,1H3. The summed E-state index contributed by atoms with van der Waals surface area (Å²) in [7, 11) is 0. The van der Waals surface area contributed by atoms with Crippen LogP contribution in [0.2, 0.25) is 0 Å². The molecule has 88 valence electrons. The van der Waals surface area contributed by atoms with E-state index in [-0.39, 0.29) is 0 Å². The van der Waals surface area contributed by atoms with Gasteiger partial charge in [-0.15, -0.1) is 0 Å². The second kappa shape index (κ2) is 5.32. The molecule has 1 aromatic carbocycles. The number of hydrogen-bond donors (Lipinski definition) is 2. The molecule has 2 atom stereocenters. The molecule has 0 spiro atoms. The van der Waals surface area contributed by atoms with Gasteiger partial charge in [0.05, 0.1) is 12.2 Å². The lowest BCUT2D eigenvalue weighted by atomic mass is 10.2. The Kier molecular flexibility index (Phi) is 3.80. The summed E-state index contributed by atoms with van der Waals surface area (Å²) in [5.74, 6) is 0.316. The Hall–Kier alpha value is -1.06. The van der Waals surface area contributed by atoms with Gasteiger partial charge in [0.2, 0.25) is 0 Å². The van der Waals surface area contributed by atoms with Gasteiger partial charge in [-0.2, -0.15) is 0 Å². The van der Waals surface area contributed by atoms with Crippen LogP contribution in [-0.4, -0.2) is 23.9 Å². The number of aromatic hydroxyl groups is 1. The second-order valence-corrected chi connectivity index (χ2v) is 4.44. The van der Waals surface area contributed by atoms with Crippen LogP contribution in [0.1, 0.15) is 25.3 Å². The topological polar surface area (TPSA) is 41.5 Å². The van der Waals surface area contributed by atoms with Gasteiger partial charge in [-0.05, 0) is 37.5 Å². The van der Waals surface area contributed by atoms with Crippen LogP contribution < -0.4 is 5.32 Å². The molecular weight excluding hydrogens is 202 g/mol. The van der Waals surface area contributed by atoms with E-state index in [1.54, 1.807) is 12.1 Å². The number of hydrogen-bond acceptors (Lipinski definition) is 3. The first-order chi connectivity index (χ1) is 7.74. The van der Waals surface area contributed by atoms with Gasteiger partial charge in [0.15, 0.2) is 0 Å². The van der Waals surface area contributed by atoms with Gasteiger partial charge in [-0.3, -0.25) is 0 Å². The first kappa shape index (κ1) is 11.4. The number of phenols is 1. The lowest BCUT2D eigenvalue weighted by Crippen LogP contribution is -2.26. The van der Waals surface area contributed by atoms with Crippen molar-refractivity contribution in [2.24, 2.45) is 0 Å². The van der Waals surface area contributed by atoms with E-state index < -0.39 is 0 Å². The van der Waals surface area contributed by atoms with Crippen LogP contribution in [0.15, 0.2) is 24.3 Å². The Morgan fingerprint density at radius 3 is 2.69 bits per heavy atom. The molecule has 1 saturated heterocycles. The van der Waals surface area contributed by atoms with Crippen LogP contribution in [0.25, 0.3) is 0 Å². The highest BCUT2D eigenvalue weighted by molar-refractivity contribution is 5.25. The molecule has 3 heteroatoms. The Balaban J connectivity index is 1.70. The molecule has 1 aliphatic rings. The molecule has 1 heterocycles. The third-order valence-corrected chi connectivity index (χ3v) is 2.96. The van der Waals surface area contributed by atoms with Gasteiger partial charge >= 0.3 is 0 Å². The summed E-state index contributed by atoms with van der Waals surface area (Å²) in [4.78, 5) is 0. The summed E-state index contributed by atoms with van der Waals surface area (Å²) in [6, 6.07) is 7.29. The van der Waals surface area contributed by atoms with E-state index in [1.165, 1.54) is 12.0 Å². The SMILES string of the molecule is CC1CCC(CNCc2ccc(O)cc2)O1. The molecule has 0 amide bonds. The third kappa shape index (κ3) is 3.22. The number of benzene rings is 1. The summed E-state index contributed by atoms with van der Waals surface area (Å²) < 4.78 is 5.72. The molecule has 0 radical (unpaired) electrons. The van der Waals surface area contributed by atoms with E-state index in [4.69, 9.17) is 9.84 Å². The monoisotopic (exact) mass is 221 g/mol.